The number of halogens is 2. The van der Waals surface area contributed by atoms with Crippen LogP contribution in [-0.4, -0.2) is 50.6 Å². The van der Waals surface area contributed by atoms with Gasteiger partial charge in [0.25, 0.3) is 0 Å². The minimum absolute atomic E-state index is 0.137. The third-order valence-corrected chi connectivity index (χ3v) is 8.28. The average molecular weight is 421 g/mol. The zero-order valence-electron chi connectivity index (χ0n) is 16.3. The molecule has 1 N–H and O–H groups in total. The van der Waals surface area contributed by atoms with E-state index in [2.05, 4.69) is 35.0 Å². The highest BCUT2D eigenvalue weighted by Crippen LogP contribution is 2.31. The molecule has 0 spiro atoms. The predicted octanol–water partition coefficient (Wildman–Crippen LogP) is 3.43. The lowest BCUT2D eigenvalue weighted by Crippen LogP contribution is -2.42. The monoisotopic (exact) mass is 420 g/mol. The van der Waals surface area contributed by atoms with Crippen molar-refractivity contribution in [3.05, 3.63) is 59.2 Å². The fourth-order valence-electron chi connectivity index (χ4n) is 4.37. The highest BCUT2D eigenvalue weighted by atomic mass is 32.2. The largest absolute Gasteiger partial charge is 0.507 e. The number of hydrogen-bond donors (Lipinski definition) is 1. The number of nitrogens with zero attached hydrogens (tertiary/aromatic N) is 2. The van der Waals surface area contributed by atoms with Gasteiger partial charge < -0.3 is 5.11 Å². The van der Waals surface area contributed by atoms with Crippen LogP contribution < -0.4 is 0 Å². The Hall–Kier alpha value is -1.96. The molecule has 2 aromatic rings. The molecule has 156 valence electrons. The summed E-state index contributed by atoms with van der Waals surface area (Å²) in [7, 11) is -3.07. The third kappa shape index (κ3) is 4.17. The molecule has 0 aliphatic carbocycles. The Morgan fingerprint density at radius 2 is 1.72 bits per heavy atom. The van der Waals surface area contributed by atoms with Gasteiger partial charge in [-0.25, -0.2) is 17.3 Å². The average Bonchev–Trinajstić information content (AvgIpc) is 2.71. The molecule has 4 nitrogen and oxygen atoms in total. The maximum atomic E-state index is 13.6. The van der Waals surface area contributed by atoms with Gasteiger partial charge in [-0.05, 0) is 48.2 Å². The summed E-state index contributed by atoms with van der Waals surface area (Å²) in [5.41, 5.74) is 2.83. The third-order valence-electron chi connectivity index (χ3n) is 6.06. The van der Waals surface area contributed by atoms with Crippen LogP contribution in [0.5, 0.6) is 5.75 Å². The molecular formula is C22H26F2N2O2S. The molecule has 0 bridgehead atoms. The van der Waals surface area contributed by atoms with Gasteiger partial charge in [-0.1, -0.05) is 24.3 Å². The lowest BCUT2D eigenvalue weighted by molar-refractivity contribution is 0.173. The van der Waals surface area contributed by atoms with Crippen molar-refractivity contribution in [3.63, 3.8) is 0 Å². The van der Waals surface area contributed by atoms with E-state index in [9.17, 15) is 18.1 Å². The Labute approximate surface area is 170 Å². The molecule has 29 heavy (non-hydrogen) atoms. The predicted molar refractivity (Wildman–Crippen MR) is 111 cm³/mol. The first-order valence-electron chi connectivity index (χ1n) is 9.94. The number of benzene rings is 2. The van der Waals surface area contributed by atoms with Crippen LogP contribution in [0.3, 0.4) is 0 Å². The summed E-state index contributed by atoms with van der Waals surface area (Å²) in [5, 5.41) is 9.97. The van der Waals surface area contributed by atoms with Gasteiger partial charge in [-0.2, -0.15) is 0 Å². The molecule has 0 amide bonds. The molecule has 0 saturated carbocycles. The van der Waals surface area contributed by atoms with Crippen molar-refractivity contribution in [3.8, 4) is 5.75 Å². The standard InChI is InChI=1S/C22H26F2N2O2S/c1-29(28,22-13-20(24)19(23)12-21(22)27)26-10-6-16(7-11-26)14-25-9-8-17-4-2-3-5-18(17)15-25/h2-5,12-13,16,27H,1,6-11,14-15H2. The number of phenolic OH excluding ortho intramolecular Hbond substituents is 1. The molecule has 2 aromatic carbocycles. The maximum Gasteiger partial charge on any atom is 0.162 e. The van der Waals surface area contributed by atoms with Crippen LogP contribution in [0.25, 0.3) is 0 Å². The molecule has 1 atom stereocenters. The van der Waals surface area contributed by atoms with Crippen molar-refractivity contribution in [2.75, 3.05) is 26.2 Å². The van der Waals surface area contributed by atoms with Crippen molar-refractivity contribution in [1.29, 1.82) is 0 Å². The molecule has 4 rings (SSSR count). The van der Waals surface area contributed by atoms with Crippen LogP contribution in [0.2, 0.25) is 0 Å². The van der Waals surface area contributed by atoms with Gasteiger partial charge in [-0.3, -0.25) is 4.90 Å². The van der Waals surface area contributed by atoms with Crippen LogP contribution >= 0.6 is 0 Å². The van der Waals surface area contributed by atoms with E-state index in [1.807, 2.05) is 0 Å². The molecule has 2 aliphatic heterocycles. The Morgan fingerprint density at radius 1 is 1.07 bits per heavy atom. The lowest BCUT2D eigenvalue weighted by atomic mass is 9.94. The van der Waals surface area contributed by atoms with Gasteiger partial charge in [0.15, 0.2) is 11.6 Å². The van der Waals surface area contributed by atoms with Crippen LogP contribution in [-0.2, 0) is 22.7 Å². The van der Waals surface area contributed by atoms with Gasteiger partial charge in [0, 0.05) is 38.8 Å². The van der Waals surface area contributed by atoms with Crippen LogP contribution in [0, 0.1) is 17.6 Å². The first-order chi connectivity index (χ1) is 13.8. The molecular weight excluding hydrogens is 394 g/mol. The number of fused-ring (bicyclic) bond motifs is 1. The quantitative estimate of drug-likeness (QED) is 0.771. The fraction of sp³-hybridized carbons (Fsp3) is 0.409. The number of piperidine rings is 1. The molecule has 1 saturated heterocycles. The van der Waals surface area contributed by atoms with E-state index in [4.69, 9.17) is 0 Å². The summed E-state index contributed by atoms with van der Waals surface area (Å²) in [5.74, 6) is 1.44. The Balaban J connectivity index is 1.38. The van der Waals surface area contributed by atoms with Crippen LogP contribution in [0.1, 0.15) is 24.0 Å². The van der Waals surface area contributed by atoms with E-state index in [1.165, 1.54) is 11.1 Å². The number of phenols is 1. The van der Waals surface area contributed by atoms with Gasteiger partial charge >= 0.3 is 0 Å². The zero-order valence-corrected chi connectivity index (χ0v) is 17.1. The SMILES string of the molecule is C=S(=O)(c1cc(F)c(F)cc1O)N1CCC(CN2CCc3ccccc3C2)CC1. The Kier molecular flexibility index (Phi) is 5.64. The minimum atomic E-state index is -3.07. The van der Waals surface area contributed by atoms with Gasteiger partial charge in [0.1, 0.15) is 5.75 Å². The normalized spacial score (nSPS) is 20.9. The lowest BCUT2D eigenvalue weighted by Gasteiger charge is -2.37. The summed E-state index contributed by atoms with van der Waals surface area (Å²) in [6.07, 6.45) is 2.78. The topological polar surface area (TPSA) is 43.8 Å². The summed E-state index contributed by atoms with van der Waals surface area (Å²) in [6, 6.07) is 10.0. The number of aromatic hydroxyl groups is 1. The minimum Gasteiger partial charge on any atom is -0.507 e. The highest BCUT2D eigenvalue weighted by Gasteiger charge is 2.29. The van der Waals surface area contributed by atoms with E-state index in [0.29, 0.717) is 25.1 Å². The van der Waals surface area contributed by atoms with Crippen molar-refractivity contribution < 1.29 is 18.1 Å². The first kappa shape index (κ1) is 20.3. The van der Waals surface area contributed by atoms with E-state index in [0.717, 1.165) is 45.0 Å². The van der Waals surface area contributed by atoms with Crippen molar-refractivity contribution in [1.82, 2.24) is 9.21 Å². The Bertz CT molecular complexity index is 1000. The summed E-state index contributed by atoms with van der Waals surface area (Å²) < 4.78 is 41.8. The van der Waals surface area contributed by atoms with Gasteiger partial charge in [0.05, 0.1) is 14.6 Å². The van der Waals surface area contributed by atoms with E-state index in [-0.39, 0.29) is 4.90 Å². The molecule has 2 heterocycles. The van der Waals surface area contributed by atoms with Crippen molar-refractivity contribution in [2.45, 2.75) is 30.7 Å². The van der Waals surface area contributed by atoms with Crippen LogP contribution in [0.15, 0.2) is 41.3 Å². The highest BCUT2D eigenvalue weighted by molar-refractivity contribution is 7.98. The number of rotatable bonds is 4. The zero-order chi connectivity index (χ0) is 20.6. The van der Waals surface area contributed by atoms with Gasteiger partial charge in [0.2, 0.25) is 0 Å². The van der Waals surface area contributed by atoms with Crippen LogP contribution in [0.4, 0.5) is 8.78 Å². The molecule has 1 fully saturated rings. The second-order valence-electron chi connectivity index (χ2n) is 8.00. The summed E-state index contributed by atoms with van der Waals surface area (Å²) in [4.78, 5) is 2.34. The second kappa shape index (κ2) is 8.05. The molecule has 7 heteroatoms. The first-order valence-corrected chi connectivity index (χ1v) is 11.6. The molecule has 1 unspecified atom stereocenters. The molecule has 0 aromatic heterocycles. The van der Waals surface area contributed by atoms with Crippen molar-refractivity contribution >= 4 is 15.6 Å². The molecule has 0 radical (unpaired) electrons. The Morgan fingerprint density at radius 3 is 2.45 bits per heavy atom. The maximum absolute atomic E-state index is 13.6. The van der Waals surface area contributed by atoms with E-state index >= 15 is 0 Å². The molecule has 2 aliphatic rings. The van der Waals surface area contributed by atoms with Gasteiger partial charge in [-0.15, -0.1) is 0 Å². The number of hydrogen-bond acceptors (Lipinski definition) is 3. The second-order valence-corrected chi connectivity index (χ2v) is 10.2. The van der Waals surface area contributed by atoms with E-state index < -0.39 is 27.1 Å². The summed E-state index contributed by atoms with van der Waals surface area (Å²) in [6.45, 7) is 4.11. The van der Waals surface area contributed by atoms with E-state index in [1.54, 1.807) is 4.31 Å². The summed E-state index contributed by atoms with van der Waals surface area (Å²) >= 11 is 0. The van der Waals surface area contributed by atoms with Crippen molar-refractivity contribution in [2.24, 2.45) is 5.92 Å². The fourth-order valence-corrected chi connectivity index (χ4v) is 6.13. The smallest absolute Gasteiger partial charge is 0.162 e.